The summed E-state index contributed by atoms with van der Waals surface area (Å²) in [7, 11) is 0. The second-order valence-corrected chi connectivity index (χ2v) is 6.04. The molecule has 19 heavy (non-hydrogen) atoms. The van der Waals surface area contributed by atoms with Gasteiger partial charge in [-0.15, -0.1) is 0 Å². The van der Waals surface area contributed by atoms with Crippen LogP contribution in [0.4, 0.5) is 0 Å². The molecule has 2 aliphatic rings. The van der Waals surface area contributed by atoms with Crippen LogP contribution in [0.2, 0.25) is 0 Å². The first-order valence-electron chi connectivity index (χ1n) is 7.48. The Bertz CT molecular complexity index is 422. The number of hydrogen-bond acceptors (Lipinski definition) is 2. The molecule has 102 valence electrons. The fourth-order valence-corrected chi connectivity index (χ4v) is 2.92. The van der Waals surface area contributed by atoms with E-state index in [9.17, 15) is 0 Å². The fraction of sp³-hybridized carbons (Fsp3) is 0.529. The Balaban J connectivity index is 1.44. The number of likely N-dealkylation sites (tertiary alicyclic amines) is 1. The van der Waals surface area contributed by atoms with E-state index in [1.165, 1.54) is 43.5 Å². The van der Waals surface area contributed by atoms with Crippen LogP contribution in [0.5, 0.6) is 0 Å². The topological polar surface area (TPSA) is 15.3 Å². The Morgan fingerprint density at radius 1 is 1.21 bits per heavy atom. The van der Waals surface area contributed by atoms with Crippen molar-refractivity contribution in [2.24, 2.45) is 0 Å². The van der Waals surface area contributed by atoms with E-state index in [1.807, 2.05) is 0 Å². The SMILES string of the molecule is C=C(CNC1CC1)CN1CCC(c2ccccc2)C1. The van der Waals surface area contributed by atoms with Crippen molar-refractivity contribution in [3.05, 3.63) is 48.0 Å². The average molecular weight is 256 g/mol. The Morgan fingerprint density at radius 2 is 2.00 bits per heavy atom. The van der Waals surface area contributed by atoms with Gasteiger partial charge in [0, 0.05) is 25.7 Å². The van der Waals surface area contributed by atoms with E-state index in [2.05, 4.69) is 47.1 Å². The maximum atomic E-state index is 4.21. The van der Waals surface area contributed by atoms with E-state index in [0.717, 1.165) is 19.1 Å². The summed E-state index contributed by atoms with van der Waals surface area (Å²) in [6, 6.07) is 11.7. The maximum Gasteiger partial charge on any atom is 0.0203 e. The van der Waals surface area contributed by atoms with Gasteiger partial charge in [0.25, 0.3) is 0 Å². The minimum absolute atomic E-state index is 0.713. The molecule has 1 aromatic carbocycles. The largest absolute Gasteiger partial charge is 0.310 e. The zero-order valence-electron chi connectivity index (χ0n) is 11.6. The van der Waals surface area contributed by atoms with Crippen molar-refractivity contribution in [3.63, 3.8) is 0 Å². The summed E-state index contributed by atoms with van der Waals surface area (Å²) in [5, 5.41) is 3.55. The Kier molecular flexibility index (Phi) is 4.00. The predicted molar refractivity (Wildman–Crippen MR) is 80.4 cm³/mol. The smallest absolute Gasteiger partial charge is 0.0203 e. The highest BCUT2D eigenvalue weighted by Crippen LogP contribution is 2.27. The van der Waals surface area contributed by atoms with Crippen molar-refractivity contribution >= 4 is 0 Å². The first kappa shape index (κ1) is 12.9. The second-order valence-electron chi connectivity index (χ2n) is 6.04. The molecule has 2 nitrogen and oxygen atoms in total. The lowest BCUT2D eigenvalue weighted by Crippen LogP contribution is -2.28. The number of rotatable bonds is 6. The molecule has 0 bridgehead atoms. The second kappa shape index (κ2) is 5.89. The van der Waals surface area contributed by atoms with E-state index in [4.69, 9.17) is 0 Å². The molecule has 2 fully saturated rings. The summed E-state index contributed by atoms with van der Waals surface area (Å²) in [5.41, 5.74) is 2.83. The predicted octanol–water partition coefficient (Wildman–Crippen LogP) is 2.78. The van der Waals surface area contributed by atoms with Crippen LogP contribution in [-0.2, 0) is 0 Å². The zero-order chi connectivity index (χ0) is 13.1. The average Bonchev–Trinajstić information content (AvgIpc) is 3.16. The van der Waals surface area contributed by atoms with Crippen LogP contribution in [-0.4, -0.2) is 37.1 Å². The highest BCUT2D eigenvalue weighted by Gasteiger charge is 2.24. The lowest BCUT2D eigenvalue weighted by molar-refractivity contribution is 0.360. The monoisotopic (exact) mass is 256 g/mol. The molecule has 0 aromatic heterocycles. The van der Waals surface area contributed by atoms with Crippen molar-refractivity contribution in [2.45, 2.75) is 31.2 Å². The van der Waals surface area contributed by atoms with Crippen LogP contribution in [0, 0.1) is 0 Å². The standard InChI is InChI=1S/C17H24N2/c1-14(11-18-17-7-8-17)12-19-10-9-16(13-19)15-5-3-2-4-6-15/h2-6,16-18H,1,7-13H2. The summed E-state index contributed by atoms with van der Waals surface area (Å²) in [4.78, 5) is 2.55. The third kappa shape index (κ3) is 3.68. The lowest BCUT2D eigenvalue weighted by atomic mass is 9.99. The molecule has 3 rings (SSSR count). The van der Waals surface area contributed by atoms with Crippen LogP contribution < -0.4 is 5.32 Å². The van der Waals surface area contributed by atoms with Crippen LogP contribution in [0.1, 0.15) is 30.7 Å². The van der Waals surface area contributed by atoms with Crippen molar-refractivity contribution in [3.8, 4) is 0 Å². The van der Waals surface area contributed by atoms with Gasteiger partial charge >= 0.3 is 0 Å². The quantitative estimate of drug-likeness (QED) is 0.787. The summed E-state index contributed by atoms with van der Waals surface area (Å²) in [6.45, 7) is 8.66. The van der Waals surface area contributed by atoms with Gasteiger partial charge in [0.15, 0.2) is 0 Å². The minimum Gasteiger partial charge on any atom is -0.310 e. The Labute approximate surface area is 116 Å². The third-order valence-electron chi connectivity index (χ3n) is 4.21. The molecule has 1 heterocycles. The minimum atomic E-state index is 0.713. The van der Waals surface area contributed by atoms with Crippen LogP contribution >= 0.6 is 0 Å². The zero-order valence-corrected chi connectivity index (χ0v) is 11.6. The van der Waals surface area contributed by atoms with E-state index in [-0.39, 0.29) is 0 Å². The molecular weight excluding hydrogens is 232 g/mol. The maximum absolute atomic E-state index is 4.21. The van der Waals surface area contributed by atoms with Gasteiger partial charge in [0.2, 0.25) is 0 Å². The van der Waals surface area contributed by atoms with Gasteiger partial charge in [0.1, 0.15) is 0 Å². The summed E-state index contributed by atoms with van der Waals surface area (Å²) < 4.78 is 0. The van der Waals surface area contributed by atoms with Gasteiger partial charge in [-0.2, -0.15) is 0 Å². The highest BCUT2D eigenvalue weighted by atomic mass is 15.1. The summed E-state index contributed by atoms with van der Waals surface area (Å²) in [6.07, 6.45) is 3.99. The van der Waals surface area contributed by atoms with Gasteiger partial charge in [-0.1, -0.05) is 36.9 Å². The third-order valence-corrected chi connectivity index (χ3v) is 4.21. The molecule has 1 atom stereocenters. The summed E-state index contributed by atoms with van der Waals surface area (Å²) in [5.74, 6) is 0.713. The number of benzene rings is 1. The van der Waals surface area contributed by atoms with Crippen molar-refractivity contribution < 1.29 is 0 Å². The van der Waals surface area contributed by atoms with Crippen molar-refractivity contribution in [2.75, 3.05) is 26.2 Å². The van der Waals surface area contributed by atoms with Crippen molar-refractivity contribution in [1.82, 2.24) is 10.2 Å². The van der Waals surface area contributed by atoms with Gasteiger partial charge in [0.05, 0.1) is 0 Å². The van der Waals surface area contributed by atoms with E-state index < -0.39 is 0 Å². The molecule has 2 heteroatoms. The molecule has 0 radical (unpaired) electrons. The normalized spacial score (nSPS) is 23.7. The molecule has 1 saturated heterocycles. The number of nitrogens with one attached hydrogen (secondary N) is 1. The summed E-state index contributed by atoms with van der Waals surface area (Å²) >= 11 is 0. The van der Waals surface area contributed by atoms with Gasteiger partial charge in [-0.05, 0) is 42.9 Å². The van der Waals surface area contributed by atoms with E-state index in [1.54, 1.807) is 0 Å². The van der Waals surface area contributed by atoms with Gasteiger partial charge in [-0.3, -0.25) is 4.90 Å². The molecule has 1 aliphatic carbocycles. The molecule has 0 spiro atoms. The molecule has 1 N–H and O–H groups in total. The molecular formula is C17H24N2. The molecule has 1 aromatic rings. The van der Waals surface area contributed by atoms with Crippen LogP contribution in [0.25, 0.3) is 0 Å². The highest BCUT2D eigenvalue weighted by molar-refractivity contribution is 5.21. The Morgan fingerprint density at radius 3 is 2.74 bits per heavy atom. The number of hydrogen-bond donors (Lipinski definition) is 1. The van der Waals surface area contributed by atoms with Gasteiger partial charge < -0.3 is 5.32 Å². The van der Waals surface area contributed by atoms with E-state index >= 15 is 0 Å². The Hall–Kier alpha value is -1.12. The first-order valence-corrected chi connectivity index (χ1v) is 7.48. The molecule has 0 amide bonds. The molecule has 1 saturated carbocycles. The van der Waals surface area contributed by atoms with Crippen LogP contribution in [0.15, 0.2) is 42.5 Å². The van der Waals surface area contributed by atoms with Crippen LogP contribution in [0.3, 0.4) is 0 Å². The fourth-order valence-electron chi connectivity index (χ4n) is 2.92. The lowest BCUT2D eigenvalue weighted by Gasteiger charge is -2.18. The van der Waals surface area contributed by atoms with Crippen molar-refractivity contribution in [1.29, 1.82) is 0 Å². The first-order chi connectivity index (χ1) is 9.31. The number of nitrogens with zero attached hydrogens (tertiary/aromatic N) is 1. The van der Waals surface area contributed by atoms with Gasteiger partial charge in [-0.25, -0.2) is 0 Å². The molecule has 1 aliphatic heterocycles. The van der Waals surface area contributed by atoms with E-state index in [0.29, 0.717) is 5.92 Å². The molecule has 1 unspecified atom stereocenters.